The molecule has 2 rings (SSSR count). The van der Waals surface area contributed by atoms with Crippen molar-refractivity contribution in [2.24, 2.45) is 5.92 Å². The van der Waals surface area contributed by atoms with Crippen LogP contribution in [0, 0.1) is 11.7 Å². The second-order valence-electron chi connectivity index (χ2n) is 5.27. The highest BCUT2D eigenvalue weighted by atomic mass is 19.1. The number of carboxylic acids is 1. The highest BCUT2D eigenvalue weighted by Gasteiger charge is 2.19. The van der Waals surface area contributed by atoms with Crippen LogP contribution >= 0.6 is 0 Å². The number of rotatable bonds is 6. The third kappa shape index (κ3) is 3.94. The third-order valence-corrected chi connectivity index (χ3v) is 3.55. The second-order valence-corrected chi connectivity index (χ2v) is 5.27. The molecule has 0 aliphatic carbocycles. The molecule has 0 aliphatic heterocycles. The van der Waals surface area contributed by atoms with Crippen LogP contribution in [0.3, 0.4) is 0 Å². The van der Waals surface area contributed by atoms with Crippen LogP contribution < -0.4 is 10.9 Å². The van der Waals surface area contributed by atoms with Crippen LogP contribution in [0.2, 0.25) is 0 Å². The molecule has 3 N–H and O–H groups in total. The fourth-order valence-corrected chi connectivity index (χ4v) is 2.39. The number of hydrogen-bond donors (Lipinski definition) is 3. The number of benzene rings is 1. The van der Waals surface area contributed by atoms with E-state index < -0.39 is 29.2 Å². The number of hydrogen-bond acceptors (Lipinski definition) is 3. The standard InChI is InChI=1S/C16H17FN2O4/c1-2-3-9(16(22)23)8-18-15(21)12-7-14(20)19-13-6-10(17)4-5-11(12)13/h4-7,9H,2-3,8H2,1H3,(H,18,21)(H,19,20)(H,22,23). The monoisotopic (exact) mass is 320 g/mol. The molecule has 122 valence electrons. The summed E-state index contributed by atoms with van der Waals surface area (Å²) in [6.07, 6.45) is 1.12. The number of carbonyl (C=O) groups excluding carboxylic acids is 1. The van der Waals surface area contributed by atoms with Crippen molar-refractivity contribution in [3.8, 4) is 0 Å². The number of aromatic amines is 1. The van der Waals surface area contributed by atoms with Gasteiger partial charge in [-0.25, -0.2) is 4.39 Å². The number of H-pyrrole nitrogens is 1. The highest BCUT2D eigenvalue weighted by molar-refractivity contribution is 6.06. The van der Waals surface area contributed by atoms with Gasteiger partial charge in [-0.15, -0.1) is 0 Å². The Morgan fingerprint density at radius 1 is 1.35 bits per heavy atom. The van der Waals surface area contributed by atoms with E-state index in [-0.39, 0.29) is 17.6 Å². The zero-order valence-corrected chi connectivity index (χ0v) is 12.6. The van der Waals surface area contributed by atoms with E-state index >= 15 is 0 Å². The Hall–Kier alpha value is -2.70. The van der Waals surface area contributed by atoms with Gasteiger partial charge in [-0.05, 0) is 24.6 Å². The van der Waals surface area contributed by atoms with Crippen molar-refractivity contribution in [1.82, 2.24) is 10.3 Å². The number of fused-ring (bicyclic) bond motifs is 1. The Morgan fingerprint density at radius 2 is 2.09 bits per heavy atom. The SMILES string of the molecule is CCCC(CNC(=O)c1cc(=O)[nH]c2cc(F)ccc12)C(=O)O. The first-order chi connectivity index (χ1) is 10.9. The lowest BCUT2D eigenvalue weighted by Gasteiger charge is -2.13. The van der Waals surface area contributed by atoms with Crippen molar-refractivity contribution in [2.45, 2.75) is 19.8 Å². The molecule has 0 fully saturated rings. The molecule has 1 aromatic heterocycles. The van der Waals surface area contributed by atoms with Gasteiger partial charge in [0.25, 0.3) is 5.91 Å². The molecule has 1 amide bonds. The van der Waals surface area contributed by atoms with Gasteiger partial charge in [-0.3, -0.25) is 14.4 Å². The van der Waals surface area contributed by atoms with Crippen molar-refractivity contribution < 1.29 is 19.1 Å². The Bertz CT molecular complexity index is 800. The number of nitrogens with one attached hydrogen (secondary N) is 2. The molecule has 6 nitrogen and oxygen atoms in total. The van der Waals surface area contributed by atoms with Crippen molar-refractivity contribution in [1.29, 1.82) is 0 Å². The molecule has 1 unspecified atom stereocenters. The van der Waals surface area contributed by atoms with Crippen molar-refractivity contribution in [3.63, 3.8) is 0 Å². The van der Waals surface area contributed by atoms with E-state index in [2.05, 4.69) is 10.3 Å². The van der Waals surface area contributed by atoms with Crippen LogP contribution in [0.25, 0.3) is 10.9 Å². The number of carbonyl (C=O) groups is 2. The molecule has 1 atom stereocenters. The molecular weight excluding hydrogens is 303 g/mol. The molecular formula is C16H17FN2O4. The molecule has 0 spiro atoms. The topological polar surface area (TPSA) is 99.3 Å². The molecule has 0 radical (unpaired) electrons. The van der Waals surface area contributed by atoms with E-state index in [0.717, 1.165) is 12.1 Å². The Balaban J connectivity index is 2.27. The van der Waals surface area contributed by atoms with E-state index in [1.807, 2.05) is 6.92 Å². The van der Waals surface area contributed by atoms with Crippen LogP contribution in [0.1, 0.15) is 30.1 Å². The molecule has 0 saturated heterocycles. The molecule has 0 aliphatic rings. The summed E-state index contributed by atoms with van der Waals surface area (Å²) in [6.45, 7) is 1.83. The van der Waals surface area contributed by atoms with Crippen LogP contribution in [-0.4, -0.2) is 28.5 Å². The van der Waals surface area contributed by atoms with Crippen LogP contribution in [0.4, 0.5) is 4.39 Å². The van der Waals surface area contributed by atoms with Crippen molar-refractivity contribution >= 4 is 22.8 Å². The predicted molar refractivity (Wildman–Crippen MR) is 82.9 cm³/mol. The Labute approximate surface area is 131 Å². The lowest BCUT2D eigenvalue weighted by molar-refractivity contribution is -0.141. The van der Waals surface area contributed by atoms with Crippen LogP contribution in [-0.2, 0) is 4.79 Å². The lowest BCUT2D eigenvalue weighted by atomic mass is 10.0. The summed E-state index contributed by atoms with van der Waals surface area (Å²) in [4.78, 5) is 37.4. The summed E-state index contributed by atoms with van der Waals surface area (Å²) in [6, 6.07) is 4.83. The number of carboxylic acid groups (broad SMARTS) is 1. The summed E-state index contributed by atoms with van der Waals surface area (Å²) in [5.41, 5.74) is -0.230. The fourth-order valence-electron chi connectivity index (χ4n) is 2.39. The van der Waals surface area contributed by atoms with Gasteiger partial charge in [0.05, 0.1) is 17.0 Å². The number of aromatic nitrogens is 1. The maximum Gasteiger partial charge on any atom is 0.308 e. The van der Waals surface area contributed by atoms with Crippen LogP contribution in [0.15, 0.2) is 29.1 Å². The average Bonchev–Trinajstić information content (AvgIpc) is 2.49. The Kier molecular flexibility index (Phi) is 5.10. The second kappa shape index (κ2) is 7.04. The predicted octanol–water partition coefficient (Wildman–Crippen LogP) is 1.90. The molecule has 0 bridgehead atoms. The van der Waals surface area contributed by atoms with Crippen molar-refractivity contribution in [3.05, 3.63) is 46.0 Å². The normalized spacial score (nSPS) is 12.1. The van der Waals surface area contributed by atoms with Gasteiger partial charge in [-0.2, -0.15) is 0 Å². The molecule has 1 heterocycles. The lowest BCUT2D eigenvalue weighted by Crippen LogP contribution is -2.33. The van der Waals surface area contributed by atoms with Crippen molar-refractivity contribution in [2.75, 3.05) is 6.54 Å². The minimum absolute atomic E-state index is 0.0303. The summed E-state index contributed by atoms with van der Waals surface area (Å²) in [5.74, 6) is -2.76. The maximum absolute atomic E-state index is 13.2. The van der Waals surface area contributed by atoms with E-state index in [9.17, 15) is 18.8 Å². The highest BCUT2D eigenvalue weighted by Crippen LogP contribution is 2.16. The van der Waals surface area contributed by atoms with Gasteiger partial charge in [0.2, 0.25) is 5.56 Å². The van der Waals surface area contributed by atoms with E-state index in [0.29, 0.717) is 18.2 Å². The van der Waals surface area contributed by atoms with Gasteiger partial charge in [0.1, 0.15) is 5.82 Å². The minimum atomic E-state index is -0.981. The summed E-state index contributed by atoms with van der Waals surface area (Å²) in [7, 11) is 0. The first kappa shape index (κ1) is 16.7. The van der Waals surface area contributed by atoms with Gasteiger partial charge in [-0.1, -0.05) is 13.3 Å². The molecule has 23 heavy (non-hydrogen) atoms. The van der Waals surface area contributed by atoms with Gasteiger partial charge in [0.15, 0.2) is 0 Å². The van der Waals surface area contributed by atoms with Crippen LogP contribution in [0.5, 0.6) is 0 Å². The number of amides is 1. The zero-order chi connectivity index (χ0) is 17.0. The van der Waals surface area contributed by atoms with Gasteiger partial charge < -0.3 is 15.4 Å². The number of aliphatic carboxylic acids is 1. The smallest absolute Gasteiger partial charge is 0.308 e. The third-order valence-electron chi connectivity index (χ3n) is 3.55. The average molecular weight is 320 g/mol. The van der Waals surface area contributed by atoms with Gasteiger partial charge >= 0.3 is 5.97 Å². The van der Waals surface area contributed by atoms with Gasteiger partial charge in [0, 0.05) is 18.0 Å². The molecule has 1 aromatic carbocycles. The minimum Gasteiger partial charge on any atom is -0.481 e. The maximum atomic E-state index is 13.2. The quantitative estimate of drug-likeness (QED) is 0.757. The molecule has 0 saturated carbocycles. The zero-order valence-electron chi connectivity index (χ0n) is 12.6. The van der Waals surface area contributed by atoms with E-state index in [1.165, 1.54) is 12.1 Å². The summed E-state index contributed by atoms with van der Waals surface area (Å²) < 4.78 is 13.2. The van der Waals surface area contributed by atoms with E-state index in [1.54, 1.807) is 0 Å². The fraction of sp³-hybridized carbons (Fsp3) is 0.312. The largest absolute Gasteiger partial charge is 0.481 e. The number of halogens is 1. The summed E-state index contributed by atoms with van der Waals surface area (Å²) >= 11 is 0. The first-order valence-electron chi connectivity index (χ1n) is 7.26. The Morgan fingerprint density at radius 3 is 2.74 bits per heavy atom. The first-order valence-corrected chi connectivity index (χ1v) is 7.26. The summed E-state index contributed by atoms with van der Waals surface area (Å²) in [5, 5.41) is 12.0. The molecule has 7 heteroatoms. The van der Waals surface area contributed by atoms with E-state index in [4.69, 9.17) is 5.11 Å². The number of pyridine rings is 1. The molecule has 2 aromatic rings.